The summed E-state index contributed by atoms with van der Waals surface area (Å²) < 4.78 is 0. The van der Waals surface area contributed by atoms with Gasteiger partial charge in [-0.2, -0.15) is 0 Å². The van der Waals surface area contributed by atoms with Crippen molar-refractivity contribution in [2.75, 3.05) is 0 Å². The number of rotatable bonds is 26. The van der Waals surface area contributed by atoms with Crippen LogP contribution in [0.3, 0.4) is 0 Å². The molecule has 9 heteroatoms. The van der Waals surface area contributed by atoms with Gasteiger partial charge < -0.3 is 0 Å². The third-order valence-corrected chi connectivity index (χ3v) is 18.8. The molecule has 0 bridgehead atoms. The van der Waals surface area contributed by atoms with Crippen molar-refractivity contribution < 1.29 is 0 Å². The fraction of sp³-hybridized carbons (Fsp3) is 0.436. The molecule has 0 fully saturated rings. The smallest absolute Gasteiger partial charge is 0.117 e. The van der Waals surface area contributed by atoms with Crippen LogP contribution in [-0.4, -0.2) is 15.0 Å². The predicted molar refractivity (Wildman–Crippen MR) is 289 cm³/mol. The molecule has 8 heterocycles. The quantitative estimate of drug-likeness (QED) is 0.0508. The Morgan fingerprint density at radius 3 is 1.38 bits per heavy atom. The summed E-state index contributed by atoms with van der Waals surface area (Å²) in [4.78, 5) is 27.2. The van der Waals surface area contributed by atoms with E-state index in [-0.39, 0.29) is 0 Å². The third-order valence-electron chi connectivity index (χ3n) is 12.3. The van der Waals surface area contributed by atoms with Gasteiger partial charge in [-0.25, -0.2) is 9.97 Å². The number of unbranched alkanes of at least 4 members (excludes halogenated alkanes) is 12. The Balaban J connectivity index is 1.26. The molecule has 0 saturated carbocycles. The van der Waals surface area contributed by atoms with Crippen LogP contribution in [0.1, 0.15) is 153 Å². The van der Waals surface area contributed by atoms with Gasteiger partial charge in [0.15, 0.2) is 0 Å². The number of hydrogen-bond donors (Lipinski definition) is 0. The fourth-order valence-corrected chi connectivity index (χ4v) is 14.8. The van der Waals surface area contributed by atoms with Gasteiger partial charge in [0, 0.05) is 36.1 Å². The Bertz CT molecular complexity index is 2450. The van der Waals surface area contributed by atoms with E-state index in [1.807, 2.05) is 45.3 Å². The molecular weight excluding hydrogens is 895 g/mol. The molecule has 64 heavy (non-hydrogen) atoms. The molecule has 0 saturated heterocycles. The molecule has 8 aromatic heterocycles. The number of aromatic nitrogens is 3. The van der Waals surface area contributed by atoms with Gasteiger partial charge in [-0.15, -0.1) is 68.0 Å². The van der Waals surface area contributed by atoms with Crippen LogP contribution in [0, 0.1) is 0 Å². The zero-order valence-electron chi connectivity index (χ0n) is 38.4. The number of nitrogens with zero attached hydrogens (tertiary/aromatic N) is 3. The van der Waals surface area contributed by atoms with Crippen molar-refractivity contribution in [1.82, 2.24) is 15.0 Å². The minimum Gasteiger partial charge on any atom is -0.252 e. The second kappa shape index (κ2) is 23.9. The van der Waals surface area contributed by atoms with E-state index in [9.17, 15) is 0 Å². The molecule has 0 aliphatic heterocycles. The SMILES string of the molecule is CCCCCCc1csc(-c2sc(-c3cnc(-c4cc(CCCCCC)c(-c5cc(CCCCCC)cs5)s4)c4nc(-c5cccs5)c(-c5cccs5)nc34)cc2CCCCCC)c1. The number of thiophene rings is 6. The van der Waals surface area contributed by atoms with Gasteiger partial charge in [-0.1, -0.05) is 117 Å². The minimum absolute atomic E-state index is 0.902. The van der Waals surface area contributed by atoms with Gasteiger partial charge in [0.1, 0.15) is 28.1 Å². The van der Waals surface area contributed by atoms with E-state index in [4.69, 9.17) is 15.0 Å². The highest BCUT2D eigenvalue weighted by Crippen LogP contribution is 2.48. The van der Waals surface area contributed by atoms with E-state index in [1.165, 1.54) is 167 Å². The van der Waals surface area contributed by atoms with Crippen molar-refractivity contribution in [2.45, 2.75) is 156 Å². The van der Waals surface area contributed by atoms with E-state index < -0.39 is 0 Å². The molecule has 8 aromatic rings. The lowest BCUT2D eigenvalue weighted by Crippen LogP contribution is -1.98. The van der Waals surface area contributed by atoms with Crippen LogP contribution >= 0.6 is 68.0 Å². The summed E-state index contributed by atoms with van der Waals surface area (Å²) in [6.45, 7) is 9.20. The average molecular weight is 961 g/mol. The van der Waals surface area contributed by atoms with Crippen LogP contribution in [0.25, 0.3) is 72.7 Å². The zero-order valence-corrected chi connectivity index (χ0v) is 43.3. The molecule has 0 unspecified atom stereocenters. The van der Waals surface area contributed by atoms with E-state index in [1.54, 1.807) is 22.7 Å². The Labute approximate surface area is 407 Å². The Kier molecular flexibility index (Phi) is 17.6. The number of fused-ring (bicyclic) bond motifs is 1. The summed E-state index contributed by atoms with van der Waals surface area (Å²) in [5, 5.41) is 9.13. The lowest BCUT2D eigenvalue weighted by atomic mass is 10.0. The standard InChI is InChI=1S/C55H65N3S6/c1-5-9-13-17-23-38-31-47(61-36-38)54-40(25-19-15-11-7-3)33-45(63-54)42-35-56-50(53-49(42)57-51(43-27-21-29-59-43)52(58-53)44-28-22-30-60-44)46-34-41(26-20-16-12-8-4)55(64-46)48-32-39(37-62-48)24-18-14-10-6-2/h21-22,27-37H,5-20,23-26H2,1-4H3. The van der Waals surface area contributed by atoms with E-state index in [2.05, 4.69) is 104 Å². The molecule has 0 aliphatic carbocycles. The molecule has 0 radical (unpaired) electrons. The molecule has 8 rings (SSSR count). The Hall–Kier alpha value is -3.31. The predicted octanol–water partition coefficient (Wildman–Crippen LogP) is 19.9. The Morgan fingerprint density at radius 2 is 0.891 bits per heavy atom. The van der Waals surface area contributed by atoms with Crippen molar-refractivity contribution in [3.05, 3.63) is 98.5 Å². The first-order valence-corrected chi connectivity index (χ1v) is 29.4. The maximum absolute atomic E-state index is 5.72. The summed E-state index contributed by atoms with van der Waals surface area (Å²) in [5.41, 5.74) is 11.7. The summed E-state index contributed by atoms with van der Waals surface area (Å²) in [5.74, 6) is 0. The first kappa shape index (κ1) is 47.2. The maximum Gasteiger partial charge on any atom is 0.117 e. The second-order valence-electron chi connectivity index (χ2n) is 17.4. The Morgan fingerprint density at radius 1 is 0.422 bits per heavy atom. The minimum atomic E-state index is 0.902. The molecular formula is C55H65N3S6. The summed E-state index contributed by atoms with van der Waals surface area (Å²) in [6.07, 6.45) is 27.0. The molecule has 0 aliphatic rings. The van der Waals surface area contributed by atoms with Crippen molar-refractivity contribution in [3.8, 4) is 61.7 Å². The fourth-order valence-electron chi connectivity index (χ4n) is 8.71. The van der Waals surface area contributed by atoms with Crippen molar-refractivity contribution in [3.63, 3.8) is 0 Å². The molecule has 3 nitrogen and oxygen atoms in total. The van der Waals surface area contributed by atoms with Crippen LogP contribution in [0.5, 0.6) is 0 Å². The third kappa shape index (κ3) is 11.6. The monoisotopic (exact) mass is 959 g/mol. The average Bonchev–Trinajstić information content (AvgIpc) is 4.18. The van der Waals surface area contributed by atoms with Crippen LogP contribution < -0.4 is 0 Å². The van der Waals surface area contributed by atoms with Crippen LogP contribution in [0.2, 0.25) is 0 Å². The molecule has 0 spiro atoms. The van der Waals surface area contributed by atoms with Crippen molar-refractivity contribution in [1.29, 1.82) is 0 Å². The molecule has 336 valence electrons. The lowest BCUT2D eigenvalue weighted by Gasteiger charge is -2.12. The highest BCUT2D eigenvalue weighted by molar-refractivity contribution is 7.24. The van der Waals surface area contributed by atoms with Gasteiger partial charge in [-0.05, 0) is 132 Å². The van der Waals surface area contributed by atoms with E-state index in [0.717, 1.165) is 56.3 Å². The number of pyridine rings is 1. The molecule has 0 N–H and O–H groups in total. The summed E-state index contributed by atoms with van der Waals surface area (Å²) in [7, 11) is 0. The largest absolute Gasteiger partial charge is 0.252 e. The molecule has 0 atom stereocenters. The van der Waals surface area contributed by atoms with Crippen molar-refractivity contribution in [2.24, 2.45) is 0 Å². The highest BCUT2D eigenvalue weighted by atomic mass is 32.1. The van der Waals surface area contributed by atoms with Crippen LogP contribution in [-0.2, 0) is 25.7 Å². The van der Waals surface area contributed by atoms with Crippen LogP contribution in [0.15, 0.2) is 76.2 Å². The van der Waals surface area contributed by atoms with Gasteiger partial charge in [-0.3, -0.25) is 4.98 Å². The van der Waals surface area contributed by atoms with Gasteiger partial charge in [0.2, 0.25) is 0 Å². The number of aryl methyl sites for hydroxylation is 4. The molecule has 0 amide bonds. The summed E-state index contributed by atoms with van der Waals surface area (Å²) >= 11 is 11.2. The maximum atomic E-state index is 5.72. The van der Waals surface area contributed by atoms with Crippen molar-refractivity contribution >= 4 is 79.1 Å². The normalized spacial score (nSPS) is 11.8. The molecule has 0 aromatic carbocycles. The van der Waals surface area contributed by atoms with Crippen LogP contribution in [0.4, 0.5) is 0 Å². The lowest BCUT2D eigenvalue weighted by molar-refractivity contribution is 0.667. The first-order valence-electron chi connectivity index (χ1n) is 24.3. The summed E-state index contributed by atoms with van der Waals surface area (Å²) in [6, 6.07) is 18.6. The highest BCUT2D eigenvalue weighted by Gasteiger charge is 2.25. The van der Waals surface area contributed by atoms with E-state index >= 15 is 0 Å². The number of hydrogen-bond acceptors (Lipinski definition) is 9. The zero-order chi connectivity index (χ0) is 44.1. The first-order chi connectivity index (χ1) is 31.6. The second-order valence-corrected chi connectivity index (χ2v) is 23.2. The van der Waals surface area contributed by atoms with Gasteiger partial charge >= 0.3 is 0 Å². The van der Waals surface area contributed by atoms with E-state index in [0.29, 0.717) is 0 Å². The topological polar surface area (TPSA) is 38.7 Å². The van der Waals surface area contributed by atoms with Gasteiger partial charge in [0.05, 0.1) is 14.6 Å². The van der Waals surface area contributed by atoms with Gasteiger partial charge in [0.25, 0.3) is 0 Å².